The summed E-state index contributed by atoms with van der Waals surface area (Å²) in [5.74, 6) is -1.96. The number of ether oxygens (including phenoxy) is 1. The van der Waals surface area contributed by atoms with Gasteiger partial charge in [-0.3, -0.25) is 4.79 Å². The molecule has 102 valence electrons. The lowest BCUT2D eigenvalue weighted by Gasteiger charge is -2.18. The number of nitrogens with one attached hydrogen (secondary N) is 1. The van der Waals surface area contributed by atoms with Gasteiger partial charge in [-0.1, -0.05) is 6.92 Å². The van der Waals surface area contributed by atoms with Crippen LogP contribution < -0.4 is 4.72 Å². The number of sulfonamides is 1. The molecule has 0 aliphatic carbocycles. The third kappa shape index (κ3) is 7.30. The summed E-state index contributed by atoms with van der Waals surface area (Å²) >= 11 is 0. The van der Waals surface area contributed by atoms with Crippen molar-refractivity contribution in [3.8, 4) is 0 Å². The molecule has 0 saturated heterocycles. The van der Waals surface area contributed by atoms with E-state index in [4.69, 9.17) is 9.84 Å². The molecular formula is C10H21NO5S. The number of rotatable bonds is 8. The van der Waals surface area contributed by atoms with E-state index in [9.17, 15) is 13.2 Å². The Morgan fingerprint density at radius 2 is 1.82 bits per heavy atom. The molecule has 0 fully saturated rings. The Labute approximate surface area is 102 Å². The summed E-state index contributed by atoms with van der Waals surface area (Å²) in [6.45, 7) is 6.71. The molecule has 0 aliphatic rings. The van der Waals surface area contributed by atoms with Crippen molar-refractivity contribution in [1.29, 1.82) is 0 Å². The highest BCUT2D eigenvalue weighted by Gasteiger charge is 2.23. The van der Waals surface area contributed by atoms with Crippen LogP contribution in [0.4, 0.5) is 0 Å². The van der Waals surface area contributed by atoms with E-state index in [0.29, 0.717) is 0 Å². The van der Waals surface area contributed by atoms with E-state index in [0.717, 1.165) is 0 Å². The minimum Gasteiger partial charge on any atom is -0.481 e. The van der Waals surface area contributed by atoms with Crippen LogP contribution in [0.1, 0.15) is 27.7 Å². The van der Waals surface area contributed by atoms with Gasteiger partial charge in [-0.15, -0.1) is 0 Å². The van der Waals surface area contributed by atoms with Gasteiger partial charge in [-0.2, -0.15) is 0 Å². The van der Waals surface area contributed by atoms with Gasteiger partial charge >= 0.3 is 5.97 Å². The molecule has 0 aromatic carbocycles. The van der Waals surface area contributed by atoms with Gasteiger partial charge in [0.2, 0.25) is 10.0 Å². The Morgan fingerprint density at radius 3 is 2.24 bits per heavy atom. The fourth-order valence-electron chi connectivity index (χ4n) is 1.05. The first kappa shape index (κ1) is 16.3. The minimum atomic E-state index is -3.49. The molecule has 0 rings (SSSR count). The zero-order valence-electron chi connectivity index (χ0n) is 10.6. The average molecular weight is 267 g/mol. The first-order chi connectivity index (χ1) is 7.65. The van der Waals surface area contributed by atoms with Gasteiger partial charge < -0.3 is 9.84 Å². The Balaban J connectivity index is 4.21. The van der Waals surface area contributed by atoms with Crippen LogP contribution in [0.3, 0.4) is 0 Å². The standard InChI is InChI=1S/C10H21NO5S/c1-7(2)16-5-6-17(14,15)11-9(4)8(3)10(12)13/h7-9,11H,5-6H2,1-4H3,(H,12,13). The van der Waals surface area contributed by atoms with Crippen LogP contribution in [0.25, 0.3) is 0 Å². The van der Waals surface area contributed by atoms with E-state index in [1.54, 1.807) is 0 Å². The number of carboxylic acids is 1. The monoisotopic (exact) mass is 267 g/mol. The minimum absolute atomic E-state index is 0.0273. The summed E-state index contributed by atoms with van der Waals surface area (Å²) in [5, 5.41) is 8.74. The topological polar surface area (TPSA) is 92.7 Å². The van der Waals surface area contributed by atoms with Gasteiger partial charge in [0.25, 0.3) is 0 Å². The van der Waals surface area contributed by atoms with Crippen LogP contribution in [0, 0.1) is 5.92 Å². The van der Waals surface area contributed by atoms with Gasteiger partial charge in [0, 0.05) is 6.04 Å². The predicted octanol–water partition coefficient (Wildman–Crippen LogP) is 0.440. The first-order valence-corrected chi connectivity index (χ1v) is 7.15. The van der Waals surface area contributed by atoms with Crippen molar-refractivity contribution in [2.24, 2.45) is 5.92 Å². The summed E-state index contributed by atoms with van der Waals surface area (Å²) in [6.07, 6.45) is -0.0273. The number of aliphatic carboxylic acids is 1. The second-order valence-corrected chi connectivity index (χ2v) is 6.15. The molecule has 0 aliphatic heterocycles. The smallest absolute Gasteiger partial charge is 0.307 e. The first-order valence-electron chi connectivity index (χ1n) is 5.50. The largest absolute Gasteiger partial charge is 0.481 e. The highest BCUT2D eigenvalue weighted by molar-refractivity contribution is 7.89. The lowest BCUT2D eigenvalue weighted by Crippen LogP contribution is -2.41. The van der Waals surface area contributed by atoms with Crippen molar-refractivity contribution in [1.82, 2.24) is 4.72 Å². The van der Waals surface area contributed by atoms with Crippen LogP contribution in [-0.2, 0) is 19.6 Å². The zero-order chi connectivity index (χ0) is 13.6. The number of hydrogen-bond donors (Lipinski definition) is 2. The summed E-state index contributed by atoms with van der Waals surface area (Å²) in [7, 11) is -3.49. The van der Waals surface area contributed by atoms with E-state index in [2.05, 4.69) is 4.72 Å². The fourth-order valence-corrected chi connectivity index (χ4v) is 2.26. The number of carbonyl (C=O) groups is 1. The predicted molar refractivity (Wildman–Crippen MR) is 64.3 cm³/mol. The van der Waals surface area contributed by atoms with E-state index in [1.165, 1.54) is 13.8 Å². The lowest BCUT2D eigenvalue weighted by molar-refractivity contribution is -0.141. The molecule has 0 heterocycles. The summed E-state index contributed by atoms with van der Waals surface area (Å²) < 4.78 is 30.6. The van der Waals surface area contributed by atoms with Crippen molar-refractivity contribution in [2.75, 3.05) is 12.4 Å². The molecule has 0 bridgehead atoms. The molecule has 7 heteroatoms. The van der Waals surface area contributed by atoms with Gasteiger partial charge in [0.1, 0.15) is 0 Å². The molecule has 0 amide bonds. The molecule has 2 atom stereocenters. The zero-order valence-corrected chi connectivity index (χ0v) is 11.5. The van der Waals surface area contributed by atoms with E-state index < -0.39 is 28.0 Å². The summed E-state index contributed by atoms with van der Waals surface area (Å²) in [5.41, 5.74) is 0. The van der Waals surface area contributed by atoms with E-state index >= 15 is 0 Å². The van der Waals surface area contributed by atoms with Crippen molar-refractivity contribution in [3.05, 3.63) is 0 Å². The highest BCUT2D eigenvalue weighted by atomic mass is 32.2. The van der Waals surface area contributed by atoms with Crippen LogP contribution >= 0.6 is 0 Å². The molecule has 2 unspecified atom stereocenters. The molecule has 17 heavy (non-hydrogen) atoms. The SMILES string of the molecule is CC(C)OCCS(=O)(=O)NC(C)C(C)C(=O)O. The third-order valence-electron chi connectivity index (χ3n) is 2.31. The second kappa shape index (κ2) is 6.93. The average Bonchev–Trinajstić information content (AvgIpc) is 2.14. The van der Waals surface area contributed by atoms with Crippen LogP contribution in [0.5, 0.6) is 0 Å². The second-order valence-electron chi connectivity index (χ2n) is 4.27. The van der Waals surface area contributed by atoms with Crippen molar-refractivity contribution < 1.29 is 23.1 Å². The Bertz CT molecular complexity index is 339. The van der Waals surface area contributed by atoms with Crippen molar-refractivity contribution in [3.63, 3.8) is 0 Å². The molecular weight excluding hydrogens is 246 g/mol. The number of carboxylic acid groups (broad SMARTS) is 1. The summed E-state index contributed by atoms with van der Waals surface area (Å²) in [6, 6.07) is -0.642. The normalized spacial score (nSPS) is 15.8. The maximum atomic E-state index is 11.6. The van der Waals surface area contributed by atoms with E-state index in [-0.39, 0.29) is 18.5 Å². The maximum Gasteiger partial charge on any atom is 0.307 e. The van der Waals surface area contributed by atoms with Crippen molar-refractivity contribution >= 4 is 16.0 Å². The highest BCUT2D eigenvalue weighted by Crippen LogP contribution is 2.04. The molecule has 0 radical (unpaired) electrons. The van der Waals surface area contributed by atoms with Crippen molar-refractivity contribution in [2.45, 2.75) is 39.8 Å². The summed E-state index contributed by atoms with van der Waals surface area (Å²) in [4.78, 5) is 10.7. The van der Waals surface area contributed by atoms with Crippen LogP contribution in [0.15, 0.2) is 0 Å². The quantitative estimate of drug-likeness (QED) is 0.665. The van der Waals surface area contributed by atoms with Gasteiger partial charge in [-0.25, -0.2) is 13.1 Å². The maximum absolute atomic E-state index is 11.6. The van der Waals surface area contributed by atoms with Gasteiger partial charge in [-0.05, 0) is 20.8 Å². The molecule has 2 N–H and O–H groups in total. The van der Waals surface area contributed by atoms with E-state index in [1.807, 2.05) is 13.8 Å². The lowest BCUT2D eigenvalue weighted by atomic mass is 10.1. The fraction of sp³-hybridized carbons (Fsp3) is 0.900. The Hall–Kier alpha value is -0.660. The van der Waals surface area contributed by atoms with Gasteiger partial charge in [0.15, 0.2) is 0 Å². The molecule has 0 aromatic rings. The Kier molecular flexibility index (Phi) is 6.66. The van der Waals surface area contributed by atoms with Crippen LogP contribution in [0.2, 0.25) is 0 Å². The third-order valence-corrected chi connectivity index (χ3v) is 3.74. The molecule has 0 aromatic heterocycles. The van der Waals surface area contributed by atoms with Crippen LogP contribution in [-0.4, -0.2) is 44.0 Å². The van der Waals surface area contributed by atoms with Gasteiger partial charge in [0.05, 0.1) is 24.4 Å². The Morgan fingerprint density at radius 1 is 1.29 bits per heavy atom. The number of hydrogen-bond acceptors (Lipinski definition) is 4. The molecule has 0 spiro atoms. The molecule has 0 saturated carbocycles. The molecule has 6 nitrogen and oxygen atoms in total.